The van der Waals surface area contributed by atoms with E-state index in [2.05, 4.69) is 0 Å². The summed E-state index contributed by atoms with van der Waals surface area (Å²) in [5.41, 5.74) is 2.94. The van der Waals surface area contributed by atoms with Crippen LogP contribution in [-0.4, -0.2) is 24.1 Å². The number of benzene rings is 2. The van der Waals surface area contributed by atoms with E-state index in [-0.39, 0.29) is 6.09 Å². The molecule has 3 rings (SSSR count). The summed E-state index contributed by atoms with van der Waals surface area (Å²) in [7, 11) is 0. The quantitative estimate of drug-likeness (QED) is 0.793. The third-order valence-electron chi connectivity index (χ3n) is 3.22. The van der Waals surface area contributed by atoms with Crippen LogP contribution >= 0.6 is 0 Å². The Morgan fingerprint density at radius 3 is 2.25 bits per heavy atom. The second kappa shape index (κ2) is 5.61. The summed E-state index contributed by atoms with van der Waals surface area (Å²) in [6.45, 7) is 1.03. The number of hydrogen-bond acceptors (Lipinski definition) is 2. The Morgan fingerprint density at radius 2 is 1.65 bits per heavy atom. The van der Waals surface area contributed by atoms with E-state index in [0.717, 1.165) is 16.8 Å². The fourth-order valence-electron chi connectivity index (χ4n) is 2.25. The van der Waals surface area contributed by atoms with Gasteiger partial charge in [0.05, 0.1) is 12.2 Å². The summed E-state index contributed by atoms with van der Waals surface area (Å²) in [4.78, 5) is 13.5. The summed E-state index contributed by atoms with van der Waals surface area (Å²) >= 11 is 0. The Hall–Kier alpha value is -2.55. The number of hydrogen-bond donors (Lipinski definition) is 0. The van der Waals surface area contributed by atoms with Gasteiger partial charge >= 0.3 is 6.09 Å². The van der Waals surface area contributed by atoms with Gasteiger partial charge in [0, 0.05) is 0 Å². The molecule has 3 heteroatoms. The van der Waals surface area contributed by atoms with E-state index in [1.54, 1.807) is 4.90 Å². The molecule has 1 aliphatic rings. The van der Waals surface area contributed by atoms with Crippen molar-refractivity contribution in [3.63, 3.8) is 0 Å². The number of rotatable bonds is 3. The van der Waals surface area contributed by atoms with Gasteiger partial charge in [0.25, 0.3) is 0 Å². The molecular formula is C17H15NO2. The Labute approximate surface area is 118 Å². The molecule has 0 aromatic heterocycles. The molecule has 0 spiro atoms. The second-order valence-corrected chi connectivity index (χ2v) is 4.57. The van der Waals surface area contributed by atoms with Crippen molar-refractivity contribution in [2.24, 2.45) is 0 Å². The van der Waals surface area contributed by atoms with Crippen LogP contribution in [0.15, 0.2) is 60.7 Å². The van der Waals surface area contributed by atoms with Crippen molar-refractivity contribution >= 4 is 17.9 Å². The van der Waals surface area contributed by atoms with E-state index in [1.807, 2.05) is 66.7 Å². The molecular weight excluding hydrogens is 250 g/mol. The van der Waals surface area contributed by atoms with Crippen LogP contribution in [0.4, 0.5) is 4.79 Å². The number of amides is 1. The molecule has 0 N–H and O–H groups in total. The zero-order valence-electron chi connectivity index (χ0n) is 11.0. The van der Waals surface area contributed by atoms with E-state index in [9.17, 15) is 4.79 Å². The fourth-order valence-corrected chi connectivity index (χ4v) is 2.25. The molecule has 100 valence electrons. The van der Waals surface area contributed by atoms with E-state index in [4.69, 9.17) is 4.74 Å². The van der Waals surface area contributed by atoms with Gasteiger partial charge in [-0.3, -0.25) is 4.90 Å². The Kier molecular flexibility index (Phi) is 3.50. The average molecular weight is 265 g/mol. The summed E-state index contributed by atoms with van der Waals surface area (Å²) < 4.78 is 5.05. The lowest BCUT2D eigenvalue weighted by atomic mass is 10.1. The topological polar surface area (TPSA) is 29.5 Å². The molecule has 1 aliphatic heterocycles. The first-order valence-electron chi connectivity index (χ1n) is 6.61. The summed E-state index contributed by atoms with van der Waals surface area (Å²) in [5, 5.41) is 0. The minimum Gasteiger partial charge on any atom is -0.447 e. The molecule has 2 aromatic carbocycles. The highest BCUT2D eigenvalue weighted by molar-refractivity contribution is 5.90. The summed E-state index contributed by atoms with van der Waals surface area (Å²) in [6.07, 6.45) is 1.73. The zero-order chi connectivity index (χ0) is 13.8. The lowest BCUT2D eigenvalue weighted by molar-refractivity contribution is 0.167. The van der Waals surface area contributed by atoms with Gasteiger partial charge in [0.15, 0.2) is 0 Å². The molecule has 0 radical (unpaired) electrons. The van der Waals surface area contributed by atoms with E-state index in [1.165, 1.54) is 0 Å². The normalized spacial score (nSPS) is 15.3. The molecule has 2 aromatic rings. The van der Waals surface area contributed by atoms with Crippen molar-refractivity contribution in [3.05, 3.63) is 71.8 Å². The van der Waals surface area contributed by atoms with Crippen LogP contribution in [0.3, 0.4) is 0 Å². The SMILES string of the molecule is O=C1OCCN1/C(=C/c1ccccc1)c1ccccc1. The predicted octanol–water partition coefficient (Wildman–Crippen LogP) is 3.64. The Morgan fingerprint density at radius 1 is 1.00 bits per heavy atom. The van der Waals surface area contributed by atoms with Crippen molar-refractivity contribution in [1.29, 1.82) is 0 Å². The number of carbonyl (C=O) groups excluding carboxylic acids is 1. The highest BCUT2D eigenvalue weighted by atomic mass is 16.6. The van der Waals surface area contributed by atoms with Gasteiger partial charge in [-0.2, -0.15) is 0 Å². The molecule has 1 amide bonds. The van der Waals surface area contributed by atoms with Gasteiger partial charge in [-0.05, 0) is 17.2 Å². The predicted molar refractivity (Wildman–Crippen MR) is 78.8 cm³/mol. The van der Waals surface area contributed by atoms with Crippen LogP contribution in [0.2, 0.25) is 0 Å². The third kappa shape index (κ3) is 2.57. The van der Waals surface area contributed by atoms with Crippen LogP contribution in [0, 0.1) is 0 Å². The summed E-state index contributed by atoms with van der Waals surface area (Å²) in [5.74, 6) is 0. The number of nitrogens with zero attached hydrogens (tertiary/aromatic N) is 1. The standard InChI is InChI=1S/C17H15NO2/c19-17-18(11-12-20-17)16(15-9-5-2-6-10-15)13-14-7-3-1-4-8-14/h1-10,13H,11-12H2/b16-13+. The second-order valence-electron chi connectivity index (χ2n) is 4.57. The minimum atomic E-state index is -0.281. The molecule has 0 unspecified atom stereocenters. The smallest absolute Gasteiger partial charge is 0.414 e. The van der Waals surface area contributed by atoms with Gasteiger partial charge in [0.2, 0.25) is 0 Å². The van der Waals surface area contributed by atoms with E-state index >= 15 is 0 Å². The fraction of sp³-hybridized carbons (Fsp3) is 0.118. The van der Waals surface area contributed by atoms with Gasteiger partial charge in [-0.1, -0.05) is 60.7 Å². The maximum Gasteiger partial charge on any atom is 0.414 e. The molecule has 20 heavy (non-hydrogen) atoms. The number of ether oxygens (including phenoxy) is 1. The van der Waals surface area contributed by atoms with Crippen LogP contribution < -0.4 is 0 Å². The van der Waals surface area contributed by atoms with Crippen LogP contribution in [0.25, 0.3) is 11.8 Å². The van der Waals surface area contributed by atoms with Gasteiger partial charge in [-0.15, -0.1) is 0 Å². The van der Waals surface area contributed by atoms with Crippen molar-refractivity contribution in [2.75, 3.05) is 13.2 Å². The number of cyclic esters (lactones) is 1. The van der Waals surface area contributed by atoms with Crippen LogP contribution in [0.5, 0.6) is 0 Å². The van der Waals surface area contributed by atoms with Gasteiger partial charge in [-0.25, -0.2) is 4.79 Å². The molecule has 0 atom stereocenters. The molecule has 0 saturated carbocycles. The highest BCUT2D eigenvalue weighted by Gasteiger charge is 2.26. The highest BCUT2D eigenvalue weighted by Crippen LogP contribution is 2.25. The van der Waals surface area contributed by atoms with Crippen molar-refractivity contribution in [3.8, 4) is 0 Å². The maximum absolute atomic E-state index is 11.8. The van der Waals surface area contributed by atoms with E-state index < -0.39 is 0 Å². The largest absolute Gasteiger partial charge is 0.447 e. The first-order valence-corrected chi connectivity index (χ1v) is 6.61. The van der Waals surface area contributed by atoms with Crippen LogP contribution in [0.1, 0.15) is 11.1 Å². The van der Waals surface area contributed by atoms with Gasteiger partial charge < -0.3 is 4.74 Å². The minimum absolute atomic E-state index is 0.281. The lowest BCUT2D eigenvalue weighted by Gasteiger charge is -2.17. The molecule has 0 aliphatic carbocycles. The van der Waals surface area contributed by atoms with Crippen molar-refractivity contribution < 1.29 is 9.53 Å². The lowest BCUT2D eigenvalue weighted by Crippen LogP contribution is -2.22. The van der Waals surface area contributed by atoms with Crippen molar-refractivity contribution in [2.45, 2.75) is 0 Å². The summed E-state index contributed by atoms with van der Waals surface area (Å²) in [6, 6.07) is 19.9. The van der Waals surface area contributed by atoms with Crippen molar-refractivity contribution in [1.82, 2.24) is 4.90 Å². The maximum atomic E-state index is 11.8. The molecule has 3 nitrogen and oxygen atoms in total. The van der Waals surface area contributed by atoms with Crippen LogP contribution in [-0.2, 0) is 4.74 Å². The molecule has 1 heterocycles. The van der Waals surface area contributed by atoms with E-state index in [0.29, 0.717) is 13.2 Å². The number of carbonyl (C=O) groups is 1. The first kappa shape index (κ1) is 12.5. The molecule has 1 fully saturated rings. The molecule has 1 saturated heterocycles. The molecule has 0 bridgehead atoms. The monoisotopic (exact) mass is 265 g/mol. The van der Waals surface area contributed by atoms with Gasteiger partial charge in [0.1, 0.15) is 6.61 Å². The third-order valence-corrected chi connectivity index (χ3v) is 3.22. The zero-order valence-corrected chi connectivity index (χ0v) is 11.0. The Balaban J connectivity index is 2.04. The Bertz CT molecular complexity index is 620. The average Bonchev–Trinajstić information content (AvgIpc) is 2.93. The first-order chi connectivity index (χ1) is 9.84.